The summed E-state index contributed by atoms with van der Waals surface area (Å²) in [7, 11) is 0. The molecule has 0 saturated heterocycles. The molecule has 0 aliphatic carbocycles. The average Bonchev–Trinajstić information content (AvgIpc) is 1.97. The van der Waals surface area contributed by atoms with E-state index in [1.54, 1.807) is 0 Å². The van der Waals surface area contributed by atoms with Gasteiger partial charge in [-0.3, -0.25) is 4.79 Å². The first-order valence-electron chi connectivity index (χ1n) is 3.07. The third kappa shape index (κ3) is 1.40. The Labute approximate surface area is 76.7 Å². The summed E-state index contributed by atoms with van der Waals surface area (Å²) in [5.74, 6) is -1.59. The first-order valence-corrected chi connectivity index (χ1v) is 3.86. The zero-order chi connectivity index (χ0) is 9.30. The van der Waals surface area contributed by atoms with Crippen LogP contribution in [0, 0.1) is 5.82 Å². The van der Waals surface area contributed by atoms with E-state index in [9.17, 15) is 9.18 Å². The smallest absolute Gasteiger partial charge is 0.253 e. The molecule has 0 atom stereocenters. The van der Waals surface area contributed by atoms with Crippen molar-refractivity contribution in [3.05, 3.63) is 28.0 Å². The second kappa shape index (κ2) is 3.10. The van der Waals surface area contributed by atoms with Gasteiger partial charge >= 0.3 is 0 Å². The van der Waals surface area contributed by atoms with E-state index >= 15 is 0 Å². The van der Waals surface area contributed by atoms with Crippen molar-refractivity contribution in [3.63, 3.8) is 0 Å². The predicted octanol–water partition coefficient (Wildman–Crippen LogP) is 1.27. The van der Waals surface area contributed by atoms with Gasteiger partial charge in [-0.15, -0.1) is 0 Å². The maximum atomic E-state index is 13.1. The van der Waals surface area contributed by atoms with Crippen molar-refractivity contribution in [3.8, 4) is 0 Å². The number of amides is 1. The third-order valence-electron chi connectivity index (χ3n) is 1.37. The average molecular weight is 233 g/mol. The monoisotopic (exact) mass is 232 g/mol. The fourth-order valence-electron chi connectivity index (χ4n) is 0.816. The van der Waals surface area contributed by atoms with Crippen LogP contribution < -0.4 is 11.5 Å². The molecule has 5 heteroatoms. The van der Waals surface area contributed by atoms with E-state index in [1.165, 1.54) is 12.1 Å². The summed E-state index contributed by atoms with van der Waals surface area (Å²) in [6.45, 7) is 0. The van der Waals surface area contributed by atoms with Gasteiger partial charge < -0.3 is 11.5 Å². The number of hydrogen-bond acceptors (Lipinski definition) is 2. The fraction of sp³-hybridized carbons (Fsp3) is 0. The van der Waals surface area contributed by atoms with E-state index in [4.69, 9.17) is 11.5 Å². The lowest BCUT2D eigenvalue weighted by Gasteiger charge is -2.03. The zero-order valence-corrected chi connectivity index (χ0v) is 7.56. The van der Waals surface area contributed by atoms with Gasteiger partial charge in [0.05, 0.1) is 10.0 Å². The number of nitrogens with two attached hydrogens (primary N) is 2. The van der Waals surface area contributed by atoms with Crippen LogP contribution in [0.2, 0.25) is 0 Å². The molecule has 0 unspecified atom stereocenters. The van der Waals surface area contributed by atoms with Crippen LogP contribution in [-0.4, -0.2) is 5.91 Å². The molecular weight excluding hydrogens is 227 g/mol. The Morgan fingerprint density at radius 1 is 1.50 bits per heavy atom. The minimum Gasteiger partial charge on any atom is -0.398 e. The predicted molar refractivity (Wildman–Crippen MR) is 47.0 cm³/mol. The van der Waals surface area contributed by atoms with E-state index < -0.39 is 11.7 Å². The Bertz CT molecular complexity index is 340. The van der Waals surface area contributed by atoms with Crippen LogP contribution in [0.5, 0.6) is 0 Å². The van der Waals surface area contributed by atoms with Crippen molar-refractivity contribution in [2.24, 2.45) is 5.73 Å². The van der Waals surface area contributed by atoms with Gasteiger partial charge in [0.15, 0.2) is 5.82 Å². The number of anilines is 1. The Morgan fingerprint density at radius 3 is 2.50 bits per heavy atom. The Morgan fingerprint density at radius 2 is 2.08 bits per heavy atom. The summed E-state index contributed by atoms with van der Waals surface area (Å²) in [6, 6.07) is 2.82. The molecule has 0 radical (unpaired) electrons. The molecule has 1 aromatic rings. The molecule has 1 rings (SSSR count). The molecule has 0 bridgehead atoms. The number of hydrogen-bond donors (Lipinski definition) is 2. The van der Waals surface area contributed by atoms with Crippen LogP contribution in [0.15, 0.2) is 16.6 Å². The lowest BCUT2D eigenvalue weighted by molar-refractivity contribution is 0.0997. The van der Waals surface area contributed by atoms with Crippen LogP contribution in [0.4, 0.5) is 10.1 Å². The number of nitrogen functional groups attached to an aromatic ring is 1. The summed E-state index contributed by atoms with van der Waals surface area (Å²) >= 11 is 2.91. The second-order valence-electron chi connectivity index (χ2n) is 2.19. The number of carbonyl (C=O) groups is 1. The lowest BCUT2D eigenvalue weighted by Crippen LogP contribution is -2.15. The molecule has 0 aliphatic heterocycles. The number of carbonyl (C=O) groups excluding carboxylic acids is 1. The highest BCUT2D eigenvalue weighted by Crippen LogP contribution is 2.23. The molecule has 12 heavy (non-hydrogen) atoms. The Balaban J connectivity index is 3.43. The van der Waals surface area contributed by atoms with Gasteiger partial charge in [-0.2, -0.15) is 0 Å². The first kappa shape index (κ1) is 8.99. The van der Waals surface area contributed by atoms with E-state index in [1.807, 2.05) is 0 Å². The van der Waals surface area contributed by atoms with Crippen molar-refractivity contribution < 1.29 is 9.18 Å². The van der Waals surface area contributed by atoms with Gasteiger partial charge in [-0.25, -0.2) is 4.39 Å². The summed E-state index contributed by atoms with van der Waals surface area (Å²) in [6.07, 6.45) is 0. The minimum absolute atomic E-state index is 0.0446. The van der Waals surface area contributed by atoms with Crippen LogP contribution in [0.25, 0.3) is 0 Å². The van der Waals surface area contributed by atoms with Gasteiger partial charge in [0, 0.05) is 5.69 Å². The Hall–Kier alpha value is -1.10. The van der Waals surface area contributed by atoms with Crippen LogP contribution in [0.1, 0.15) is 10.4 Å². The maximum Gasteiger partial charge on any atom is 0.253 e. The molecule has 0 heterocycles. The topological polar surface area (TPSA) is 69.1 Å². The van der Waals surface area contributed by atoms with Gasteiger partial charge in [-0.1, -0.05) is 0 Å². The molecule has 0 aromatic heterocycles. The van der Waals surface area contributed by atoms with Crippen LogP contribution in [-0.2, 0) is 0 Å². The number of benzene rings is 1. The summed E-state index contributed by atoms with van der Waals surface area (Å²) in [5.41, 5.74) is 10.0. The van der Waals surface area contributed by atoms with Gasteiger partial charge in [0.25, 0.3) is 5.91 Å². The molecule has 3 nitrogen and oxygen atoms in total. The van der Waals surface area contributed by atoms with Gasteiger partial charge in [0.1, 0.15) is 0 Å². The molecule has 0 fully saturated rings. The summed E-state index contributed by atoms with van der Waals surface area (Å²) in [5, 5.41) is 0. The number of rotatable bonds is 1. The highest BCUT2D eigenvalue weighted by molar-refractivity contribution is 9.10. The highest BCUT2D eigenvalue weighted by Gasteiger charge is 2.14. The maximum absolute atomic E-state index is 13.1. The molecule has 1 amide bonds. The molecule has 0 spiro atoms. The van der Waals surface area contributed by atoms with E-state index in [0.717, 1.165) is 0 Å². The van der Waals surface area contributed by atoms with E-state index in [-0.39, 0.29) is 15.7 Å². The standard InChI is InChI=1S/C7H6BrFN2O/c8-3-1-2-4(10)5(6(3)9)7(11)12/h1-2H,10H2,(H2,11,12). The van der Waals surface area contributed by atoms with Gasteiger partial charge in [0.2, 0.25) is 0 Å². The third-order valence-corrected chi connectivity index (χ3v) is 1.99. The molecule has 64 valence electrons. The molecule has 1 aromatic carbocycles. The normalized spacial score (nSPS) is 9.83. The fourth-order valence-corrected chi connectivity index (χ4v) is 1.15. The van der Waals surface area contributed by atoms with Crippen LogP contribution >= 0.6 is 15.9 Å². The zero-order valence-electron chi connectivity index (χ0n) is 5.97. The van der Waals surface area contributed by atoms with E-state index in [2.05, 4.69) is 15.9 Å². The van der Waals surface area contributed by atoms with Crippen molar-refractivity contribution in [2.45, 2.75) is 0 Å². The SMILES string of the molecule is NC(=O)c1c(N)ccc(Br)c1F. The minimum atomic E-state index is -0.869. The van der Waals surface area contributed by atoms with Crippen molar-refractivity contribution in [1.29, 1.82) is 0 Å². The van der Waals surface area contributed by atoms with Gasteiger partial charge in [-0.05, 0) is 28.1 Å². The van der Waals surface area contributed by atoms with Crippen molar-refractivity contribution in [1.82, 2.24) is 0 Å². The number of primary amides is 1. The number of halogens is 2. The molecule has 0 saturated carbocycles. The molecule has 0 aliphatic rings. The lowest BCUT2D eigenvalue weighted by atomic mass is 10.1. The van der Waals surface area contributed by atoms with Crippen molar-refractivity contribution in [2.75, 3.05) is 5.73 Å². The Kier molecular flexibility index (Phi) is 2.32. The van der Waals surface area contributed by atoms with Crippen LogP contribution in [0.3, 0.4) is 0 Å². The van der Waals surface area contributed by atoms with Crippen molar-refractivity contribution >= 4 is 27.5 Å². The summed E-state index contributed by atoms with van der Waals surface area (Å²) in [4.78, 5) is 10.7. The summed E-state index contributed by atoms with van der Waals surface area (Å²) < 4.78 is 13.3. The van der Waals surface area contributed by atoms with E-state index in [0.29, 0.717) is 0 Å². The highest BCUT2D eigenvalue weighted by atomic mass is 79.9. The first-order chi connectivity index (χ1) is 5.54. The molecule has 4 N–H and O–H groups in total. The second-order valence-corrected chi connectivity index (χ2v) is 3.04. The largest absolute Gasteiger partial charge is 0.398 e. The quantitative estimate of drug-likeness (QED) is 0.717. The molecular formula is C7H6BrFN2O.